The molecule has 0 aliphatic heterocycles. The van der Waals surface area contributed by atoms with E-state index in [4.69, 9.17) is 11.6 Å². The van der Waals surface area contributed by atoms with E-state index in [0.29, 0.717) is 10.9 Å². The van der Waals surface area contributed by atoms with Crippen molar-refractivity contribution in [1.29, 1.82) is 0 Å². The van der Waals surface area contributed by atoms with E-state index in [9.17, 15) is 0 Å². The van der Waals surface area contributed by atoms with Crippen LogP contribution in [0.1, 0.15) is 17.6 Å². The van der Waals surface area contributed by atoms with E-state index in [2.05, 4.69) is 51.0 Å². The van der Waals surface area contributed by atoms with Crippen molar-refractivity contribution in [3.05, 3.63) is 50.7 Å². The van der Waals surface area contributed by atoms with Crippen molar-refractivity contribution in [2.24, 2.45) is 0 Å². The third-order valence-electron chi connectivity index (χ3n) is 2.96. The molecule has 2 aromatic heterocycles. The van der Waals surface area contributed by atoms with Crippen molar-refractivity contribution in [2.75, 3.05) is 0 Å². The van der Waals surface area contributed by atoms with Crippen LogP contribution < -0.4 is 0 Å². The van der Waals surface area contributed by atoms with Crippen LogP contribution >= 0.6 is 50.6 Å². The lowest BCUT2D eigenvalue weighted by atomic mass is 10.3. The summed E-state index contributed by atoms with van der Waals surface area (Å²) in [6, 6.07) is 10.3. The number of halogens is 2. The second-order valence-corrected chi connectivity index (χ2v) is 7.90. The summed E-state index contributed by atoms with van der Waals surface area (Å²) in [4.78, 5) is 12.5. The molecule has 21 heavy (non-hydrogen) atoms. The molecule has 0 N–H and O–H groups in total. The zero-order chi connectivity index (χ0) is 14.8. The Labute approximate surface area is 145 Å². The van der Waals surface area contributed by atoms with Gasteiger partial charge in [0.1, 0.15) is 15.8 Å². The van der Waals surface area contributed by atoms with Gasteiger partial charge in [-0.1, -0.05) is 40.5 Å². The van der Waals surface area contributed by atoms with Gasteiger partial charge in [0, 0.05) is 19.6 Å². The van der Waals surface area contributed by atoms with Gasteiger partial charge in [-0.25, -0.2) is 9.97 Å². The van der Waals surface area contributed by atoms with Crippen molar-refractivity contribution in [2.45, 2.75) is 24.0 Å². The average molecular weight is 400 g/mol. The number of aryl methyl sites for hydroxylation is 1. The topological polar surface area (TPSA) is 25.8 Å². The Morgan fingerprint density at radius 3 is 2.90 bits per heavy atom. The minimum atomic E-state index is 0.556. The summed E-state index contributed by atoms with van der Waals surface area (Å²) in [6.45, 7) is 2.13. The second kappa shape index (κ2) is 6.65. The van der Waals surface area contributed by atoms with Gasteiger partial charge in [-0.05, 0) is 30.7 Å². The van der Waals surface area contributed by atoms with Crippen molar-refractivity contribution in [3.8, 4) is 0 Å². The molecule has 0 unspecified atom stereocenters. The van der Waals surface area contributed by atoms with E-state index in [1.807, 2.05) is 12.1 Å². The molecule has 0 atom stereocenters. The molecule has 0 saturated heterocycles. The smallest absolute Gasteiger partial charge is 0.142 e. The Kier molecular flexibility index (Phi) is 4.84. The minimum absolute atomic E-state index is 0.556. The highest BCUT2D eigenvalue weighted by atomic mass is 79.9. The number of thiophene rings is 1. The van der Waals surface area contributed by atoms with Crippen LogP contribution in [-0.2, 0) is 12.2 Å². The Bertz CT molecular complexity index is 788. The monoisotopic (exact) mass is 398 g/mol. The molecule has 2 nitrogen and oxygen atoms in total. The van der Waals surface area contributed by atoms with Gasteiger partial charge in [0.25, 0.3) is 0 Å². The standard InChI is InChI=1S/C15H12BrClN2S2/c1-2-10-7-12-14(17)18-13(19-15(12)21-10)8-20-11-5-3-4-9(16)6-11/h3-7H,2,8H2,1H3. The SMILES string of the molecule is CCc1cc2c(Cl)nc(CSc3cccc(Br)c3)nc2s1. The largest absolute Gasteiger partial charge is 0.221 e. The Morgan fingerprint density at radius 2 is 2.14 bits per heavy atom. The fraction of sp³-hybridized carbons (Fsp3) is 0.200. The molecule has 0 saturated carbocycles. The maximum Gasteiger partial charge on any atom is 0.142 e. The second-order valence-electron chi connectivity index (χ2n) is 4.46. The lowest BCUT2D eigenvalue weighted by molar-refractivity contribution is 1.07. The normalized spacial score (nSPS) is 11.2. The first kappa shape index (κ1) is 15.3. The molecule has 0 radical (unpaired) electrons. The van der Waals surface area contributed by atoms with Gasteiger partial charge >= 0.3 is 0 Å². The third-order valence-corrected chi connectivity index (χ3v) is 5.90. The quantitative estimate of drug-likeness (QED) is 0.400. The molecule has 3 rings (SSSR count). The van der Waals surface area contributed by atoms with Gasteiger partial charge in [-0.2, -0.15) is 0 Å². The maximum absolute atomic E-state index is 6.28. The summed E-state index contributed by atoms with van der Waals surface area (Å²) in [5, 5.41) is 1.52. The number of hydrogen-bond acceptors (Lipinski definition) is 4. The fourth-order valence-electron chi connectivity index (χ4n) is 1.92. The molecule has 0 fully saturated rings. The zero-order valence-corrected chi connectivity index (χ0v) is 15.2. The van der Waals surface area contributed by atoms with Gasteiger partial charge in [-0.3, -0.25) is 0 Å². The molecule has 0 aliphatic rings. The van der Waals surface area contributed by atoms with Crippen molar-refractivity contribution >= 4 is 60.8 Å². The van der Waals surface area contributed by atoms with Gasteiger partial charge in [-0.15, -0.1) is 23.1 Å². The highest BCUT2D eigenvalue weighted by Crippen LogP contribution is 2.31. The molecule has 0 spiro atoms. The molecule has 0 bridgehead atoms. The van der Waals surface area contributed by atoms with E-state index in [-0.39, 0.29) is 0 Å². The summed E-state index contributed by atoms with van der Waals surface area (Å²) in [5.74, 6) is 1.49. The van der Waals surface area contributed by atoms with Crippen LogP contribution in [0.4, 0.5) is 0 Å². The Morgan fingerprint density at radius 1 is 1.29 bits per heavy atom. The third kappa shape index (κ3) is 3.59. The number of nitrogens with zero attached hydrogens (tertiary/aromatic N) is 2. The molecule has 2 heterocycles. The predicted octanol–water partition coefficient (Wildman–Crippen LogP) is 5.96. The van der Waals surface area contributed by atoms with E-state index in [1.54, 1.807) is 23.1 Å². The average Bonchev–Trinajstić information content (AvgIpc) is 2.89. The van der Waals surface area contributed by atoms with Crippen LogP contribution in [0.25, 0.3) is 10.2 Å². The van der Waals surface area contributed by atoms with Crippen molar-refractivity contribution in [1.82, 2.24) is 9.97 Å². The van der Waals surface area contributed by atoms with Crippen LogP contribution in [0.15, 0.2) is 39.7 Å². The van der Waals surface area contributed by atoms with Crippen LogP contribution in [0.5, 0.6) is 0 Å². The lowest BCUT2D eigenvalue weighted by Gasteiger charge is -2.02. The van der Waals surface area contributed by atoms with Crippen LogP contribution in [-0.4, -0.2) is 9.97 Å². The highest BCUT2D eigenvalue weighted by Gasteiger charge is 2.10. The van der Waals surface area contributed by atoms with E-state index in [0.717, 1.165) is 26.9 Å². The number of fused-ring (bicyclic) bond motifs is 1. The lowest BCUT2D eigenvalue weighted by Crippen LogP contribution is -1.92. The summed E-state index contributed by atoms with van der Waals surface area (Å²) in [5.41, 5.74) is 0. The maximum atomic E-state index is 6.28. The zero-order valence-electron chi connectivity index (χ0n) is 11.3. The molecule has 1 aromatic carbocycles. The Balaban J connectivity index is 1.84. The highest BCUT2D eigenvalue weighted by molar-refractivity contribution is 9.10. The van der Waals surface area contributed by atoms with Crippen molar-refractivity contribution < 1.29 is 0 Å². The first-order chi connectivity index (χ1) is 10.2. The van der Waals surface area contributed by atoms with E-state index >= 15 is 0 Å². The molecular formula is C15H12BrClN2S2. The van der Waals surface area contributed by atoms with Gasteiger partial charge in [0.2, 0.25) is 0 Å². The van der Waals surface area contributed by atoms with E-state index < -0.39 is 0 Å². The molecule has 0 aliphatic carbocycles. The number of thioether (sulfide) groups is 1. The van der Waals surface area contributed by atoms with Crippen molar-refractivity contribution in [3.63, 3.8) is 0 Å². The van der Waals surface area contributed by atoms with Crippen LogP contribution in [0.2, 0.25) is 5.15 Å². The summed E-state index contributed by atoms with van der Waals surface area (Å²) >= 11 is 13.2. The van der Waals surface area contributed by atoms with Gasteiger partial charge in [0.15, 0.2) is 0 Å². The molecule has 108 valence electrons. The van der Waals surface area contributed by atoms with E-state index in [1.165, 1.54) is 9.77 Å². The molecule has 3 aromatic rings. The number of benzene rings is 1. The first-order valence-electron chi connectivity index (χ1n) is 6.49. The van der Waals surface area contributed by atoms with Gasteiger partial charge < -0.3 is 0 Å². The minimum Gasteiger partial charge on any atom is -0.221 e. The first-order valence-corrected chi connectivity index (χ1v) is 9.46. The summed E-state index contributed by atoms with van der Waals surface area (Å²) < 4.78 is 1.08. The predicted molar refractivity (Wildman–Crippen MR) is 95.5 cm³/mol. The molecular weight excluding hydrogens is 388 g/mol. The number of rotatable bonds is 4. The summed E-state index contributed by atoms with van der Waals surface area (Å²) in [6.07, 6.45) is 0.999. The number of aromatic nitrogens is 2. The van der Waals surface area contributed by atoms with Crippen LogP contribution in [0.3, 0.4) is 0 Å². The fourth-order valence-corrected chi connectivity index (χ4v) is 4.57. The molecule has 0 amide bonds. The van der Waals surface area contributed by atoms with Gasteiger partial charge in [0.05, 0.1) is 5.75 Å². The van der Waals surface area contributed by atoms with Crippen LogP contribution in [0, 0.1) is 0 Å². The Hall–Kier alpha value is -0.620. The molecule has 6 heteroatoms. The summed E-state index contributed by atoms with van der Waals surface area (Å²) in [7, 11) is 0. The number of hydrogen-bond donors (Lipinski definition) is 0.